The summed E-state index contributed by atoms with van der Waals surface area (Å²) in [7, 11) is 0. The molecule has 0 fully saturated rings. The number of pyridine rings is 1. The third-order valence-electron chi connectivity index (χ3n) is 4.30. The van der Waals surface area contributed by atoms with E-state index in [0.29, 0.717) is 16.7 Å². The number of para-hydroxylation sites is 1. The number of benzene rings is 2. The summed E-state index contributed by atoms with van der Waals surface area (Å²) >= 11 is 1.22. The second-order valence-electron chi connectivity index (χ2n) is 6.51. The smallest absolute Gasteiger partial charge is 0.234 e. The lowest BCUT2D eigenvalue weighted by Gasteiger charge is -2.10. The molecule has 0 bridgehead atoms. The summed E-state index contributed by atoms with van der Waals surface area (Å²) in [5.74, 6) is -0.170. The first-order valence-corrected chi connectivity index (χ1v) is 10.2. The highest BCUT2D eigenvalue weighted by molar-refractivity contribution is 7.99. The number of aryl methyl sites for hydroxylation is 1. The largest absolute Gasteiger partial charge is 0.323 e. The average molecular weight is 419 g/mol. The van der Waals surface area contributed by atoms with E-state index >= 15 is 0 Å². The van der Waals surface area contributed by atoms with Gasteiger partial charge in [0.2, 0.25) is 5.91 Å². The van der Waals surface area contributed by atoms with Crippen LogP contribution in [0.2, 0.25) is 0 Å². The van der Waals surface area contributed by atoms with Crippen molar-refractivity contribution < 1.29 is 9.18 Å². The molecule has 0 radical (unpaired) electrons. The van der Waals surface area contributed by atoms with Crippen LogP contribution in [-0.4, -0.2) is 31.4 Å². The maximum absolute atomic E-state index is 13.8. The van der Waals surface area contributed by atoms with Gasteiger partial charge in [0.15, 0.2) is 11.0 Å². The molecule has 8 heteroatoms. The van der Waals surface area contributed by atoms with E-state index in [4.69, 9.17) is 0 Å². The molecule has 30 heavy (non-hydrogen) atoms. The Morgan fingerprint density at radius 3 is 2.53 bits per heavy atom. The van der Waals surface area contributed by atoms with Crippen LogP contribution < -0.4 is 5.32 Å². The molecule has 2 aromatic carbocycles. The number of amides is 1. The van der Waals surface area contributed by atoms with Crippen molar-refractivity contribution in [3.63, 3.8) is 0 Å². The lowest BCUT2D eigenvalue weighted by atomic mass is 10.2. The predicted molar refractivity (Wildman–Crippen MR) is 115 cm³/mol. The number of rotatable bonds is 6. The molecule has 0 aliphatic heterocycles. The molecule has 0 atom stereocenters. The molecule has 1 amide bonds. The zero-order chi connectivity index (χ0) is 20.9. The predicted octanol–water partition coefficient (Wildman–Crippen LogP) is 4.51. The van der Waals surface area contributed by atoms with Gasteiger partial charge >= 0.3 is 0 Å². The highest BCUT2D eigenvalue weighted by atomic mass is 32.2. The molecular weight excluding hydrogens is 401 g/mol. The minimum Gasteiger partial charge on any atom is -0.323 e. The lowest BCUT2D eigenvalue weighted by molar-refractivity contribution is -0.113. The SMILES string of the molecule is Cc1ccc(-n2c(SCC(=O)Nc3ccccc3F)nnc2-c2ccccn2)cc1. The molecule has 0 unspecified atom stereocenters. The Bertz CT molecular complexity index is 1160. The summed E-state index contributed by atoms with van der Waals surface area (Å²) in [5.41, 5.74) is 2.82. The van der Waals surface area contributed by atoms with E-state index in [1.54, 1.807) is 18.3 Å². The van der Waals surface area contributed by atoms with Crippen molar-refractivity contribution in [2.75, 3.05) is 11.1 Å². The average Bonchev–Trinajstić information content (AvgIpc) is 3.19. The van der Waals surface area contributed by atoms with E-state index in [1.807, 2.05) is 54.0 Å². The highest BCUT2D eigenvalue weighted by Gasteiger charge is 2.18. The number of aromatic nitrogens is 4. The minimum absolute atomic E-state index is 0.0561. The number of carbonyl (C=O) groups excluding carboxylic acids is 1. The fourth-order valence-corrected chi connectivity index (χ4v) is 3.58. The summed E-state index contributed by atoms with van der Waals surface area (Å²) < 4.78 is 15.6. The van der Waals surface area contributed by atoms with Crippen molar-refractivity contribution in [3.8, 4) is 17.2 Å². The van der Waals surface area contributed by atoms with Gasteiger partial charge in [0, 0.05) is 11.9 Å². The summed E-state index contributed by atoms with van der Waals surface area (Å²) in [6.07, 6.45) is 1.69. The second-order valence-corrected chi connectivity index (χ2v) is 7.45. The first-order valence-electron chi connectivity index (χ1n) is 9.23. The third kappa shape index (κ3) is 4.38. The Labute approximate surface area is 177 Å². The van der Waals surface area contributed by atoms with Crippen LogP contribution in [0.3, 0.4) is 0 Å². The van der Waals surface area contributed by atoms with E-state index in [-0.39, 0.29) is 17.3 Å². The van der Waals surface area contributed by atoms with Crippen LogP contribution in [-0.2, 0) is 4.79 Å². The summed E-state index contributed by atoms with van der Waals surface area (Å²) in [5, 5.41) is 11.7. The number of hydrogen-bond donors (Lipinski definition) is 1. The zero-order valence-corrected chi connectivity index (χ0v) is 16.9. The molecule has 2 aromatic heterocycles. The van der Waals surface area contributed by atoms with Gasteiger partial charge in [-0.1, -0.05) is 47.7 Å². The molecule has 0 saturated carbocycles. The summed E-state index contributed by atoms with van der Waals surface area (Å²) in [6.45, 7) is 2.01. The molecule has 4 aromatic rings. The van der Waals surface area contributed by atoms with Crippen LogP contribution in [0, 0.1) is 12.7 Å². The van der Waals surface area contributed by atoms with Crippen LogP contribution in [0.15, 0.2) is 78.1 Å². The van der Waals surface area contributed by atoms with Crippen molar-refractivity contribution in [2.45, 2.75) is 12.1 Å². The molecule has 0 saturated heterocycles. The fourth-order valence-electron chi connectivity index (χ4n) is 2.83. The van der Waals surface area contributed by atoms with E-state index < -0.39 is 5.82 Å². The summed E-state index contributed by atoms with van der Waals surface area (Å²) in [4.78, 5) is 16.7. The van der Waals surface area contributed by atoms with Crippen LogP contribution in [0.25, 0.3) is 17.2 Å². The minimum atomic E-state index is -0.476. The molecule has 4 rings (SSSR count). The molecule has 0 aliphatic carbocycles. The van der Waals surface area contributed by atoms with Gasteiger partial charge in [0.1, 0.15) is 11.5 Å². The van der Waals surface area contributed by atoms with E-state index in [0.717, 1.165) is 11.3 Å². The maximum atomic E-state index is 13.8. The van der Waals surface area contributed by atoms with Crippen molar-refractivity contribution in [3.05, 3.63) is 84.3 Å². The number of hydrogen-bond acceptors (Lipinski definition) is 5. The van der Waals surface area contributed by atoms with Crippen molar-refractivity contribution >= 4 is 23.4 Å². The van der Waals surface area contributed by atoms with Crippen molar-refractivity contribution in [1.29, 1.82) is 0 Å². The summed E-state index contributed by atoms with van der Waals surface area (Å²) in [6, 6.07) is 19.6. The normalized spacial score (nSPS) is 10.7. The molecule has 0 spiro atoms. The number of anilines is 1. The lowest BCUT2D eigenvalue weighted by Crippen LogP contribution is -2.15. The van der Waals surface area contributed by atoms with Gasteiger partial charge in [-0.25, -0.2) is 4.39 Å². The van der Waals surface area contributed by atoms with E-state index in [1.165, 1.54) is 23.9 Å². The zero-order valence-electron chi connectivity index (χ0n) is 16.1. The Balaban J connectivity index is 1.60. The van der Waals surface area contributed by atoms with Crippen LogP contribution in [0.5, 0.6) is 0 Å². The Morgan fingerprint density at radius 1 is 1.03 bits per heavy atom. The first-order chi connectivity index (χ1) is 14.6. The Hall–Kier alpha value is -3.52. The first kappa shape index (κ1) is 19.8. The molecule has 1 N–H and O–H groups in total. The number of carbonyl (C=O) groups is 1. The fraction of sp³-hybridized carbons (Fsp3) is 0.0909. The Kier molecular flexibility index (Phi) is 5.85. The van der Waals surface area contributed by atoms with Crippen LogP contribution >= 0.6 is 11.8 Å². The molecule has 0 aliphatic rings. The number of thioether (sulfide) groups is 1. The van der Waals surface area contributed by atoms with E-state index in [2.05, 4.69) is 20.5 Å². The van der Waals surface area contributed by atoms with Gasteiger partial charge < -0.3 is 5.32 Å². The molecule has 2 heterocycles. The standard InChI is InChI=1S/C22H18FN5OS/c1-15-9-11-16(12-10-15)28-21(19-8-4-5-13-24-19)26-27-22(28)30-14-20(29)25-18-7-3-2-6-17(18)23/h2-13H,14H2,1H3,(H,25,29). The van der Waals surface area contributed by atoms with Crippen LogP contribution in [0.1, 0.15) is 5.56 Å². The second kappa shape index (κ2) is 8.87. The molecular formula is C22H18FN5OS. The van der Waals surface area contributed by atoms with Gasteiger partial charge in [-0.05, 0) is 43.3 Å². The van der Waals surface area contributed by atoms with Gasteiger partial charge in [0.05, 0.1) is 11.4 Å². The van der Waals surface area contributed by atoms with Crippen molar-refractivity contribution in [2.24, 2.45) is 0 Å². The van der Waals surface area contributed by atoms with Crippen LogP contribution in [0.4, 0.5) is 10.1 Å². The topological polar surface area (TPSA) is 72.7 Å². The van der Waals surface area contributed by atoms with Crippen molar-refractivity contribution in [1.82, 2.24) is 19.7 Å². The highest BCUT2D eigenvalue weighted by Crippen LogP contribution is 2.27. The number of nitrogens with zero attached hydrogens (tertiary/aromatic N) is 4. The Morgan fingerprint density at radius 2 is 1.80 bits per heavy atom. The quantitative estimate of drug-likeness (QED) is 0.466. The molecule has 150 valence electrons. The third-order valence-corrected chi connectivity index (χ3v) is 5.23. The van der Waals surface area contributed by atoms with E-state index in [9.17, 15) is 9.18 Å². The molecule has 6 nitrogen and oxygen atoms in total. The monoisotopic (exact) mass is 419 g/mol. The number of halogens is 1. The maximum Gasteiger partial charge on any atom is 0.234 e. The van der Waals surface area contributed by atoms with Gasteiger partial charge in [-0.2, -0.15) is 0 Å². The van der Waals surface area contributed by atoms with Gasteiger partial charge in [-0.15, -0.1) is 10.2 Å². The van der Waals surface area contributed by atoms with Gasteiger partial charge in [-0.3, -0.25) is 14.3 Å². The number of nitrogens with one attached hydrogen (secondary N) is 1. The van der Waals surface area contributed by atoms with Gasteiger partial charge in [0.25, 0.3) is 0 Å².